The van der Waals surface area contributed by atoms with Crippen LogP contribution in [0.4, 0.5) is 0 Å². The molecule has 0 radical (unpaired) electrons. The Labute approximate surface area is 119 Å². The molecule has 2 unspecified atom stereocenters. The van der Waals surface area contributed by atoms with Gasteiger partial charge in [0.2, 0.25) is 5.91 Å². The van der Waals surface area contributed by atoms with E-state index >= 15 is 0 Å². The van der Waals surface area contributed by atoms with Gasteiger partial charge in [-0.3, -0.25) is 10.1 Å². The van der Waals surface area contributed by atoms with E-state index in [0.717, 1.165) is 6.54 Å². The van der Waals surface area contributed by atoms with Gasteiger partial charge in [0.1, 0.15) is 6.17 Å². The van der Waals surface area contributed by atoms with Gasteiger partial charge in [0, 0.05) is 11.4 Å². The number of amides is 1. The fraction of sp³-hybridized carbons (Fsp3) is 0.667. The normalized spacial score (nSPS) is 29.3. The summed E-state index contributed by atoms with van der Waals surface area (Å²) in [5.41, 5.74) is 0.360. The zero-order valence-corrected chi connectivity index (χ0v) is 12.7. The summed E-state index contributed by atoms with van der Waals surface area (Å²) in [4.78, 5) is 15.9. The van der Waals surface area contributed by atoms with E-state index in [1.807, 2.05) is 0 Å². The highest BCUT2D eigenvalue weighted by Crippen LogP contribution is 2.47. The average molecular weight is 278 g/mol. The molecule has 1 N–H and O–H groups in total. The number of carbonyl (C=O) groups is 1. The van der Waals surface area contributed by atoms with Gasteiger partial charge in [-0.25, -0.2) is 0 Å². The van der Waals surface area contributed by atoms with Gasteiger partial charge in [-0.1, -0.05) is 26.8 Å². The second kappa shape index (κ2) is 4.60. The molecule has 1 amide bonds. The van der Waals surface area contributed by atoms with Gasteiger partial charge >= 0.3 is 0 Å². The summed E-state index contributed by atoms with van der Waals surface area (Å²) in [6.07, 6.45) is 2.58. The summed E-state index contributed by atoms with van der Waals surface area (Å²) in [6.45, 7) is 7.41. The Morgan fingerprint density at radius 3 is 2.79 bits per heavy atom. The van der Waals surface area contributed by atoms with Crippen LogP contribution >= 0.6 is 11.3 Å². The van der Waals surface area contributed by atoms with Crippen molar-refractivity contribution in [2.45, 2.75) is 45.8 Å². The number of hydrogen-bond donors (Lipinski definition) is 1. The van der Waals surface area contributed by atoms with Crippen LogP contribution in [-0.2, 0) is 4.79 Å². The fourth-order valence-electron chi connectivity index (χ4n) is 2.75. The number of thiophene rings is 1. The molecule has 1 aromatic heterocycles. The number of hydrogen-bond acceptors (Lipinski definition) is 3. The zero-order chi connectivity index (χ0) is 13.6. The second-order valence-corrected chi connectivity index (χ2v) is 7.56. The molecule has 4 heteroatoms. The lowest BCUT2D eigenvalue weighted by atomic mass is 10.0. The predicted octanol–water partition coefficient (Wildman–Crippen LogP) is 3.00. The van der Waals surface area contributed by atoms with Crippen LogP contribution in [0.15, 0.2) is 17.5 Å². The maximum absolute atomic E-state index is 12.6. The maximum Gasteiger partial charge on any atom is 0.241 e. The molecule has 1 aliphatic carbocycles. The van der Waals surface area contributed by atoms with E-state index in [0.29, 0.717) is 11.3 Å². The Morgan fingerprint density at radius 2 is 2.26 bits per heavy atom. The lowest BCUT2D eigenvalue weighted by Gasteiger charge is -2.26. The summed E-state index contributed by atoms with van der Waals surface area (Å²) in [5, 5.41) is 5.61. The number of rotatable bonds is 4. The quantitative estimate of drug-likeness (QED) is 0.918. The molecular formula is C15H22N2OS. The van der Waals surface area contributed by atoms with Crippen LogP contribution in [0.3, 0.4) is 0 Å². The van der Waals surface area contributed by atoms with Crippen LogP contribution in [0.25, 0.3) is 0 Å². The van der Waals surface area contributed by atoms with Gasteiger partial charge in [-0.2, -0.15) is 0 Å². The molecule has 3 nitrogen and oxygen atoms in total. The number of nitrogens with one attached hydrogen (secondary N) is 1. The third-order valence-electron chi connectivity index (χ3n) is 4.33. The fourth-order valence-corrected chi connectivity index (χ4v) is 3.54. The lowest BCUT2D eigenvalue weighted by molar-refractivity contribution is -0.131. The van der Waals surface area contributed by atoms with Gasteiger partial charge in [-0.05, 0) is 35.6 Å². The number of nitrogens with zero attached hydrogens (tertiary/aromatic N) is 1. The standard InChI is InChI=1S/C15H22N2OS/c1-10(2)12-14(18)17(9-15(3)6-7-15)13(16-12)11-5-4-8-19-11/h4-5,8,10,12-13,16H,6-7,9H2,1-3H3. The van der Waals surface area contributed by atoms with Crippen LogP contribution in [0.2, 0.25) is 0 Å². The van der Waals surface area contributed by atoms with Crippen molar-refractivity contribution >= 4 is 17.2 Å². The molecule has 0 spiro atoms. The third kappa shape index (κ3) is 2.43. The highest BCUT2D eigenvalue weighted by atomic mass is 32.1. The largest absolute Gasteiger partial charge is 0.320 e. The smallest absolute Gasteiger partial charge is 0.241 e. The van der Waals surface area contributed by atoms with E-state index in [-0.39, 0.29) is 18.1 Å². The first-order valence-corrected chi connectivity index (χ1v) is 7.98. The molecule has 104 valence electrons. The van der Waals surface area contributed by atoms with E-state index in [1.165, 1.54) is 17.7 Å². The van der Waals surface area contributed by atoms with Gasteiger partial charge < -0.3 is 4.90 Å². The van der Waals surface area contributed by atoms with Crippen molar-refractivity contribution in [1.82, 2.24) is 10.2 Å². The monoisotopic (exact) mass is 278 g/mol. The number of carbonyl (C=O) groups excluding carboxylic acids is 1. The minimum atomic E-state index is -0.0329. The topological polar surface area (TPSA) is 32.3 Å². The van der Waals surface area contributed by atoms with Gasteiger partial charge in [0.05, 0.1) is 6.04 Å². The molecule has 1 saturated heterocycles. The van der Waals surface area contributed by atoms with Crippen LogP contribution in [0, 0.1) is 11.3 Å². The Kier molecular flexibility index (Phi) is 3.18. The van der Waals surface area contributed by atoms with Crippen molar-refractivity contribution in [2.75, 3.05) is 6.54 Å². The third-order valence-corrected chi connectivity index (χ3v) is 5.26. The lowest BCUT2D eigenvalue weighted by Crippen LogP contribution is -2.36. The van der Waals surface area contributed by atoms with Crippen molar-refractivity contribution in [3.63, 3.8) is 0 Å². The highest BCUT2D eigenvalue weighted by Gasteiger charge is 2.47. The first-order chi connectivity index (χ1) is 9.00. The van der Waals surface area contributed by atoms with E-state index in [2.05, 4.69) is 48.5 Å². The van der Waals surface area contributed by atoms with Gasteiger partial charge in [-0.15, -0.1) is 11.3 Å². The van der Waals surface area contributed by atoms with E-state index in [1.54, 1.807) is 11.3 Å². The Bertz CT molecular complexity index is 464. The molecule has 1 saturated carbocycles. The predicted molar refractivity (Wildman–Crippen MR) is 77.9 cm³/mol. The summed E-state index contributed by atoms with van der Waals surface area (Å²) >= 11 is 1.73. The van der Waals surface area contributed by atoms with E-state index in [4.69, 9.17) is 0 Å². The van der Waals surface area contributed by atoms with Crippen LogP contribution in [0.5, 0.6) is 0 Å². The molecule has 1 aromatic rings. The average Bonchev–Trinajstić information content (AvgIpc) is 2.80. The molecule has 2 heterocycles. The minimum Gasteiger partial charge on any atom is -0.320 e. The Balaban J connectivity index is 1.85. The van der Waals surface area contributed by atoms with E-state index < -0.39 is 0 Å². The van der Waals surface area contributed by atoms with Crippen molar-refractivity contribution in [2.24, 2.45) is 11.3 Å². The van der Waals surface area contributed by atoms with Crippen molar-refractivity contribution in [3.05, 3.63) is 22.4 Å². The molecular weight excluding hydrogens is 256 g/mol. The zero-order valence-electron chi connectivity index (χ0n) is 11.8. The molecule has 3 rings (SSSR count). The van der Waals surface area contributed by atoms with Crippen LogP contribution in [0.1, 0.15) is 44.7 Å². The van der Waals surface area contributed by atoms with Crippen molar-refractivity contribution in [1.29, 1.82) is 0 Å². The Morgan fingerprint density at radius 1 is 1.53 bits per heavy atom. The van der Waals surface area contributed by atoms with Crippen LogP contribution in [-0.4, -0.2) is 23.4 Å². The van der Waals surface area contributed by atoms with Gasteiger partial charge in [0.25, 0.3) is 0 Å². The molecule has 19 heavy (non-hydrogen) atoms. The van der Waals surface area contributed by atoms with Gasteiger partial charge in [0.15, 0.2) is 0 Å². The summed E-state index contributed by atoms with van der Waals surface area (Å²) in [5.74, 6) is 0.619. The van der Waals surface area contributed by atoms with Crippen LogP contribution < -0.4 is 5.32 Å². The van der Waals surface area contributed by atoms with E-state index in [9.17, 15) is 4.79 Å². The van der Waals surface area contributed by atoms with Crippen molar-refractivity contribution < 1.29 is 4.79 Å². The molecule has 0 bridgehead atoms. The maximum atomic E-state index is 12.6. The SMILES string of the molecule is CC(C)C1NC(c2cccs2)N(CC2(C)CC2)C1=O. The second-order valence-electron chi connectivity index (χ2n) is 6.58. The first-order valence-electron chi connectivity index (χ1n) is 7.10. The molecule has 2 fully saturated rings. The van der Waals surface area contributed by atoms with Crippen molar-refractivity contribution in [3.8, 4) is 0 Å². The molecule has 2 aliphatic rings. The summed E-state index contributed by atoms with van der Waals surface area (Å²) < 4.78 is 0. The molecule has 2 atom stereocenters. The summed E-state index contributed by atoms with van der Waals surface area (Å²) in [6, 6.07) is 4.15. The minimum absolute atomic E-state index is 0.0329. The Hall–Kier alpha value is -0.870. The highest BCUT2D eigenvalue weighted by molar-refractivity contribution is 7.10. The molecule has 0 aromatic carbocycles. The first kappa shape index (κ1) is 13.1. The molecule has 1 aliphatic heterocycles. The summed E-state index contributed by atoms with van der Waals surface area (Å²) in [7, 11) is 0.